The number of carbonyl (C=O) groups is 1. The van der Waals surface area contributed by atoms with Crippen LogP contribution in [-0.2, 0) is 4.74 Å². The molecule has 0 aromatic rings. The van der Waals surface area contributed by atoms with E-state index in [0.717, 1.165) is 26.1 Å². The van der Waals surface area contributed by atoms with Crippen molar-refractivity contribution in [1.29, 1.82) is 0 Å². The topological polar surface area (TPSA) is 41.6 Å². The number of hydrogen-bond donors (Lipinski definition) is 1. The number of hydrogen-bond acceptors (Lipinski definition) is 3. The minimum Gasteiger partial charge on any atom is -0.450 e. The lowest BCUT2D eigenvalue weighted by atomic mass is 9.96. The highest BCUT2D eigenvalue weighted by Gasteiger charge is 2.25. The highest BCUT2D eigenvalue weighted by molar-refractivity contribution is 5.67. The second kappa shape index (κ2) is 7.54. The quantitative estimate of drug-likeness (QED) is 0.804. The van der Waals surface area contributed by atoms with Gasteiger partial charge in [0.15, 0.2) is 0 Å². The Morgan fingerprint density at radius 1 is 1.41 bits per heavy atom. The van der Waals surface area contributed by atoms with E-state index in [9.17, 15) is 4.79 Å². The van der Waals surface area contributed by atoms with Gasteiger partial charge in [0.25, 0.3) is 0 Å². The molecule has 1 heterocycles. The summed E-state index contributed by atoms with van der Waals surface area (Å²) in [5.41, 5.74) is 0. The van der Waals surface area contributed by atoms with Crippen LogP contribution in [-0.4, -0.2) is 43.3 Å². The molecule has 0 saturated carbocycles. The highest BCUT2D eigenvalue weighted by Crippen LogP contribution is 2.16. The molecular formula is C13H26N2O2. The van der Waals surface area contributed by atoms with Crippen LogP contribution in [0.15, 0.2) is 0 Å². The maximum Gasteiger partial charge on any atom is 0.407 e. The first-order chi connectivity index (χ1) is 8.15. The summed E-state index contributed by atoms with van der Waals surface area (Å²) >= 11 is 0. The number of likely N-dealkylation sites (tertiary alicyclic amines) is 1. The average molecular weight is 242 g/mol. The summed E-state index contributed by atoms with van der Waals surface area (Å²) in [5, 5.41) is 2.95. The van der Waals surface area contributed by atoms with Crippen LogP contribution >= 0.6 is 0 Å². The molecule has 1 saturated heterocycles. The molecule has 4 nitrogen and oxygen atoms in total. The van der Waals surface area contributed by atoms with Crippen LogP contribution in [0.2, 0.25) is 0 Å². The normalized spacial score (nSPS) is 25.6. The van der Waals surface area contributed by atoms with Crippen LogP contribution in [0.25, 0.3) is 0 Å². The van der Waals surface area contributed by atoms with Gasteiger partial charge < -0.3 is 15.0 Å². The molecule has 100 valence electrons. The Balaban J connectivity index is 2.36. The van der Waals surface area contributed by atoms with Crippen molar-refractivity contribution in [3.8, 4) is 0 Å². The number of rotatable bonds is 5. The lowest BCUT2D eigenvalue weighted by Crippen LogP contribution is -2.50. The minimum atomic E-state index is -0.276. The van der Waals surface area contributed by atoms with Gasteiger partial charge in [-0.25, -0.2) is 4.79 Å². The highest BCUT2D eigenvalue weighted by atomic mass is 16.5. The fourth-order valence-corrected chi connectivity index (χ4v) is 2.47. The second-order valence-corrected chi connectivity index (χ2v) is 5.02. The van der Waals surface area contributed by atoms with Crippen molar-refractivity contribution >= 4 is 6.09 Å². The molecule has 2 atom stereocenters. The maximum atomic E-state index is 11.4. The third-order valence-electron chi connectivity index (χ3n) is 3.16. The monoisotopic (exact) mass is 242 g/mol. The van der Waals surface area contributed by atoms with Crippen molar-refractivity contribution in [2.75, 3.05) is 26.2 Å². The zero-order valence-corrected chi connectivity index (χ0v) is 11.4. The van der Waals surface area contributed by atoms with E-state index < -0.39 is 0 Å². The molecule has 1 amide bonds. The van der Waals surface area contributed by atoms with Crippen LogP contribution in [0.3, 0.4) is 0 Å². The number of alkyl carbamates (subject to hydrolysis) is 1. The third kappa shape index (κ3) is 5.39. The number of piperidine rings is 1. The van der Waals surface area contributed by atoms with Crippen LogP contribution < -0.4 is 5.32 Å². The van der Waals surface area contributed by atoms with E-state index in [2.05, 4.69) is 24.1 Å². The van der Waals surface area contributed by atoms with Gasteiger partial charge in [0.2, 0.25) is 0 Å². The molecule has 2 unspecified atom stereocenters. The van der Waals surface area contributed by atoms with E-state index in [-0.39, 0.29) is 12.1 Å². The molecule has 0 aromatic carbocycles. The lowest BCUT2D eigenvalue weighted by Gasteiger charge is -2.36. The first-order valence-electron chi connectivity index (χ1n) is 6.81. The molecule has 1 N–H and O–H groups in total. The summed E-state index contributed by atoms with van der Waals surface area (Å²) < 4.78 is 4.93. The number of unbranched alkanes of at least 4 members (excludes halogenated alkanes) is 1. The Bertz CT molecular complexity index is 233. The number of nitrogens with one attached hydrogen (secondary N) is 1. The number of ether oxygens (including phenoxy) is 1. The van der Waals surface area contributed by atoms with E-state index in [1.165, 1.54) is 12.8 Å². The van der Waals surface area contributed by atoms with Gasteiger partial charge in [-0.2, -0.15) is 0 Å². The van der Waals surface area contributed by atoms with E-state index >= 15 is 0 Å². The molecule has 0 spiro atoms. The summed E-state index contributed by atoms with van der Waals surface area (Å²) in [4.78, 5) is 13.8. The first kappa shape index (κ1) is 14.3. The molecule has 17 heavy (non-hydrogen) atoms. The molecule has 1 aliphatic heterocycles. The third-order valence-corrected chi connectivity index (χ3v) is 3.16. The Hall–Kier alpha value is -0.770. The molecule has 1 fully saturated rings. The molecule has 4 heteroatoms. The zero-order chi connectivity index (χ0) is 12.7. The van der Waals surface area contributed by atoms with Crippen molar-refractivity contribution in [2.24, 2.45) is 5.92 Å². The summed E-state index contributed by atoms with van der Waals surface area (Å²) in [7, 11) is 0. The number of carbonyl (C=O) groups excluding carboxylic acids is 1. The van der Waals surface area contributed by atoms with Crippen molar-refractivity contribution in [3.63, 3.8) is 0 Å². The molecule has 1 aliphatic rings. The predicted molar refractivity (Wildman–Crippen MR) is 69.1 cm³/mol. The minimum absolute atomic E-state index is 0.245. The van der Waals surface area contributed by atoms with Crippen LogP contribution in [0, 0.1) is 5.92 Å². The van der Waals surface area contributed by atoms with E-state index in [1.54, 1.807) is 0 Å². The fraction of sp³-hybridized carbons (Fsp3) is 0.923. The van der Waals surface area contributed by atoms with Crippen molar-refractivity contribution in [2.45, 2.75) is 46.1 Å². The maximum absolute atomic E-state index is 11.4. The van der Waals surface area contributed by atoms with E-state index in [1.807, 2.05) is 6.92 Å². The molecular weight excluding hydrogens is 216 g/mol. The Labute approximate surface area is 105 Å². The smallest absolute Gasteiger partial charge is 0.407 e. The van der Waals surface area contributed by atoms with Crippen LogP contribution in [0.1, 0.15) is 40.0 Å². The first-order valence-corrected chi connectivity index (χ1v) is 6.81. The van der Waals surface area contributed by atoms with Crippen molar-refractivity contribution in [1.82, 2.24) is 10.2 Å². The van der Waals surface area contributed by atoms with Gasteiger partial charge in [-0.15, -0.1) is 0 Å². The molecule has 0 radical (unpaired) electrons. The van der Waals surface area contributed by atoms with Gasteiger partial charge in [0, 0.05) is 19.1 Å². The largest absolute Gasteiger partial charge is 0.450 e. The Kier molecular flexibility index (Phi) is 6.34. The summed E-state index contributed by atoms with van der Waals surface area (Å²) in [6.07, 6.45) is 3.24. The van der Waals surface area contributed by atoms with Gasteiger partial charge in [-0.3, -0.25) is 0 Å². The molecule has 0 aliphatic carbocycles. The standard InChI is InChI=1S/C13H26N2O2/c1-4-6-7-15-9-11(3)8-12(10-15)14-13(16)17-5-2/h11-12H,4-10H2,1-3H3,(H,14,16). The van der Waals surface area contributed by atoms with Crippen LogP contribution in [0.5, 0.6) is 0 Å². The number of amides is 1. The number of nitrogens with zero attached hydrogens (tertiary/aromatic N) is 1. The summed E-state index contributed by atoms with van der Waals surface area (Å²) in [5.74, 6) is 0.646. The van der Waals surface area contributed by atoms with Gasteiger partial charge in [0.1, 0.15) is 0 Å². The molecule has 0 aromatic heterocycles. The molecule has 1 rings (SSSR count). The fourth-order valence-electron chi connectivity index (χ4n) is 2.47. The van der Waals surface area contributed by atoms with Crippen molar-refractivity contribution < 1.29 is 9.53 Å². The molecule has 0 bridgehead atoms. The van der Waals surface area contributed by atoms with Crippen LogP contribution in [0.4, 0.5) is 4.79 Å². The summed E-state index contributed by atoms with van der Waals surface area (Å²) in [6, 6.07) is 0.245. The SMILES string of the molecule is CCCCN1CC(C)CC(NC(=O)OCC)C1. The van der Waals surface area contributed by atoms with Crippen molar-refractivity contribution in [3.05, 3.63) is 0 Å². The van der Waals surface area contributed by atoms with E-state index in [4.69, 9.17) is 4.74 Å². The van der Waals surface area contributed by atoms with Gasteiger partial charge in [-0.1, -0.05) is 20.3 Å². The predicted octanol–water partition coefficient (Wildman–Crippen LogP) is 2.24. The van der Waals surface area contributed by atoms with Gasteiger partial charge in [-0.05, 0) is 32.2 Å². The van der Waals surface area contributed by atoms with E-state index in [0.29, 0.717) is 12.5 Å². The summed E-state index contributed by atoms with van der Waals surface area (Å²) in [6.45, 7) is 9.98. The van der Waals surface area contributed by atoms with Gasteiger partial charge in [0.05, 0.1) is 6.61 Å². The zero-order valence-electron chi connectivity index (χ0n) is 11.4. The Morgan fingerprint density at radius 3 is 2.82 bits per heavy atom. The van der Waals surface area contributed by atoms with Gasteiger partial charge >= 0.3 is 6.09 Å². The average Bonchev–Trinajstić information content (AvgIpc) is 2.25. The lowest BCUT2D eigenvalue weighted by molar-refractivity contribution is 0.120. The Morgan fingerprint density at radius 2 is 2.18 bits per heavy atom. The second-order valence-electron chi connectivity index (χ2n) is 5.02.